The number of para-hydroxylation sites is 1. The van der Waals surface area contributed by atoms with E-state index in [9.17, 15) is 19.2 Å². The average molecular weight is 473 g/mol. The highest BCUT2D eigenvalue weighted by atomic mass is 16.2. The Kier molecular flexibility index (Phi) is 6.01. The van der Waals surface area contributed by atoms with Gasteiger partial charge in [-0.25, -0.2) is 4.68 Å². The minimum Gasteiger partial charge on any atom is -0.342 e. The van der Waals surface area contributed by atoms with E-state index in [0.29, 0.717) is 5.69 Å². The molecule has 10 nitrogen and oxygen atoms in total. The van der Waals surface area contributed by atoms with Crippen LogP contribution in [0.4, 0.5) is 5.69 Å². The molecule has 0 bridgehead atoms. The Morgan fingerprint density at radius 3 is 2.51 bits per heavy atom. The average Bonchev–Trinajstić information content (AvgIpc) is 3.06. The molecule has 2 aromatic carbocycles. The predicted molar refractivity (Wildman–Crippen MR) is 131 cm³/mol. The number of aromatic amines is 2. The molecule has 4 N–H and O–H groups in total. The number of rotatable bonds is 5. The van der Waals surface area contributed by atoms with Crippen LogP contribution in [0.1, 0.15) is 41.0 Å². The van der Waals surface area contributed by atoms with Crippen molar-refractivity contribution >= 4 is 28.3 Å². The number of amides is 2. The van der Waals surface area contributed by atoms with Crippen LogP contribution in [0.5, 0.6) is 0 Å². The first-order valence-corrected chi connectivity index (χ1v) is 11.5. The molecule has 0 saturated heterocycles. The molecule has 0 aliphatic heterocycles. The first-order valence-electron chi connectivity index (χ1n) is 11.5. The number of carbonyl (C=O) groups excluding carboxylic acids is 2. The van der Waals surface area contributed by atoms with E-state index in [-0.39, 0.29) is 23.0 Å². The van der Waals surface area contributed by atoms with Crippen molar-refractivity contribution in [3.05, 3.63) is 86.2 Å². The van der Waals surface area contributed by atoms with E-state index in [4.69, 9.17) is 0 Å². The van der Waals surface area contributed by atoms with E-state index in [1.807, 2.05) is 35.0 Å². The number of hydrogen-bond donors (Lipinski definition) is 4. The molecular weight excluding hydrogens is 448 g/mol. The van der Waals surface area contributed by atoms with Crippen LogP contribution in [-0.4, -0.2) is 38.3 Å². The van der Waals surface area contributed by atoms with Crippen LogP contribution in [-0.2, 0) is 17.6 Å². The van der Waals surface area contributed by atoms with Gasteiger partial charge >= 0.3 is 0 Å². The van der Waals surface area contributed by atoms with Crippen LogP contribution in [0.25, 0.3) is 16.5 Å². The van der Waals surface area contributed by atoms with Crippen LogP contribution in [0.15, 0.2) is 58.1 Å². The lowest BCUT2D eigenvalue weighted by atomic mass is 10.1. The number of aromatic nitrogens is 4. The summed E-state index contributed by atoms with van der Waals surface area (Å²) in [6, 6.07) is 14.3. The maximum absolute atomic E-state index is 13.1. The van der Waals surface area contributed by atoms with Gasteiger partial charge in [0, 0.05) is 11.3 Å². The quantitative estimate of drug-likeness (QED) is 0.329. The summed E-state index contributed by atoms with van der Waals surface area (Å²) in [5, 5.41) is 14.6. The van der Waals surface area contributed by atoms with Gasteiger partial charge in [-0.05, 0) is 49.9 Å². The summed E-state index contributed by atoms with van der Waals surface area (Å²) in [6.45, 7) is -0.316. The molecule has 4 aromatic rings. The first-order chi connectivity index (χ1) is 17.0. The minimum absolute atomic E-state index is 0.0721. The van der Waals surface area contributed by atoms with Crippen LogP contribution in [0.2, 0.25) is 0 Å². The Morgan fingerprint density at radius 1 is 0.914 bits per heavy atom. The highest BCUT2D eigenvalue weighted by Gasteiger charge is 2.25. The van der Waals surface area contributed by atoms with Crippen molar-refractivity contribution in [3.8, 4) is 5.69 Å². The summed E-state index contributed by atoms with van der Waals surface area (Å²) in [6.07, 6.45) is 4.68. The number of anilines is 1. The molecule has 5 rings (SSSR count). The number of carbonyl (C=O) groups is 2. The van der Waals surface area contributed by atoms with Gasteiger partial charge in [0.2, 0.25) is 5.91 Å². The largest absolute Gasteiger partial charge is 0.342 e. The van der Waals surface area contributed by atoms with Crippen LogP contribution < -0.4 is 21.8 Å². The molecule has 1 aliphatic rings. The van der Waals surface area contributed by atoms with Crippen LogP contribution >= 0.6 is 0 Å². The van der Waals surface area contributed by atoms with Crippen molar-refractivity contribution in [2.24, 2.45) is 0 Å². The summed E-state index contributed by atoms with van der Waals surface area (Å²) in [4.78, 5) is 49.9. The smallest absolute Gasteiger partial charge is 0.272 e. The van der Waals surface area contributed by atoms with Crippen molar-refractivity contribution in [2.75, 3.05) is 11.9 Å². The summed E-state index contributed by atoms with van der Waals surface area (Å²) in [5.74, 6) is -0.959. The molecular formula is C25H24N6O4. The van der Waals surface area contributed by atoms with Crippen molar-refractivity contribution in [1.82, 2.24) is 25.3 Å². The molecule has 2 heterocycles. The normalized spacial score (nSPS) is 13.1. The number of benzene rings is 2. The lowest BCUT2D eigenvalue weighted by Gasteiger charge is -2.09. The second kappa shape index (κ2) is 9.41. The standard InChI is InChI=1S/C25H24N6O4/c32-20(27-18-12-7-11-17-21(18)24(34)29-28-23(17)33)14-26-25(35)22-16-10-5-2-6-13-19(16)31(30-22)15-8-3-1-4-9-15/h1,3-4,7-9,11-12H,2,5-6,10,13-14H2,(H,26,35)(H,27,32)(H,28,33)(H,29,34). The van der Waals surface area contributed by atoms with Crippen LogP contribution in [0, 0.1) is 0 Å². The molecule has 0 spiro atoms. The molecule has 2 amide bonds. The predicted octanol–water partition coefficient (Wildman–Crippen LogP) is 2.04. The third kappa shape index (κ3) is 4.37. The monoisotopic (exact) mass is 472 g/mol. The van der Waals surface area contributed by atoms with E-state index >= 15 is 0 Å². The lowest BCUT2D eigenvalue weighted by Crippen LogP contribution is -2.34. The molecule has 178 valence electrons. The van der Waals surface area contributed by atoms with Gasteiger partial charge in [0.15, 0.2) is 5.69 Å². The number of hydrogen-bond acceptors (Lipinski definition) is 5. The summed E-state index contributed by atoms with van der Waals surface area (Å²) in [7, 11) is 0. The van der Waals surface area contributed by atoms with Gasteiger partial charge in [-0.2, -0.15) is 5.10 Å². The molecule has 0 radical (unpaired) electrons. The van der Waals surface area contributed by atoms with E-state index in [2.05, 4.69) is 25.9 Å². The van der Waals surface area contributed by atoms with E-state index in [0.717, 1.165) is 49.0 Å². The van der Waals surface area contributed by atoms with Crippen molar-refractivity contribution < 1.29 is 9.59 Å². The third-order valence-corrected chi connectivity index (χ3v) is 6.16. The summed E-state index contributed by atoms with van der Waals surface area (Å²) >= 11 is 0. The SMILES string of the molecule is O=C(CNC(=O)c1nn(-c2ccccc2)c2c1CCCCC2)Nc1cccc2c(=O)[nH][nH]c(=O)c12. The molecule has 0 unspecified atom stereocenters. The number of fused-ring (bicyclic) bond motifs is 2. The summed E-state index contributed by atoms with van der Waals surface area (Å²) < 4.78 is 1.83. The Bertz CT molecular complexity index is 1530. The van der Waals surface area contributed by atoms with Gasteiger partial charge < -0.3 is 10.6 Å². The zero-order valence-electron chi connectivity index (χ0n) is 18.9. The molecule has 0 atom stereocenters. The Labute approximate surface area is 199 Å². The van der Waals surface area contributed by atoms with Gasteiger partial charge in [0.05, 0.1) is 28.7 Å². The lowest BCUT2D eigenvalue weighted by molar-refractivity contribution is -0.115. The zero-order valence-corrected chi connectivity index (χ0v) is 18.9. The van der Waals surface area contributed by atoms with Gasteiger partial charge in [0.1, 0.15) is 0 Å². The van der Waals surface area contributed by atoms with E-state index < -0.39 is 22.9 Å². The molecule has 35 heavy (non-hydrogen) atoms. The highest BCUT2D eigenvalue weighted by Crippen LogP contribution is 2.26. The molecule has 0 fully saturated rings. The van der Waals surface area contributed by atoms with E-state index in [1.165, 1.54) is 12.1 Å². The second-order valence-electron chi connectivity index (χ2n) is 8.45. The topological polar surface area (TPSA) is 142 Å². The van der Waals surface area contributed by atoms with Crippen LogP contribution in [0.3, 0.4) is 0 Å². The third-order valence-electron chi connectivity index (χ3n) is 6.16. The zero-order chi connectivity index (χ0) is 24.4. The molecule has 1 aliphatic carbocycles. The number of H-pyrrole nitrogens is 2. The van der Waals surface area contributed by atoms with Gasteiger partial charge in [0.25, 0.3) is 17.0 Å². The van der Waals surface area contributed by atoms with E-state index in [1.54, 1.807) is 6.07 Å². The van der Waals surface area contributed by atoms with Crippen molar-refractivity contribution in [1.29, 1.82) is 0 Å². The first kappa shape index (κ1) is 22.3. The Hall–Kier alpha value is -4.47. The fourth-order valence-electron chi connectivity index (χ4n) is 4.51. The number of nitrogens with one attached hydrogen (secondary N) is 4. The van der Waals surface area contributed by atoms with Crippen molar-refractivity contribution in [2.45, 2.75) is 32.1 Å². The maximum atomic E-state index is 13.1. The van der Waals surface area contributed by atoms with Gasteiger partial charge in [-0.1, -0.05) is 30.7 Å². The number of nitrogens with zero attached hydrogens (tertiary/aromatic N) is 2. The maximum Gasteiger partial charge on any atom is 0.272 e. The molecule has 10 heteroatoms. The highest BCUT2D eigenvalue weighted by molar-refractivity contribution is 6.04. The molecule has 2 aromatic heterocycles. The Morgan fingerprint density at radius 2 is 1.69 bits per heavy atom. The molecule has 0 saturated carbocycles. The fraction of sp³-hybridized carbons (Fsp3) is 0.240. The van der Waals surface area contributed by atoms with Gasteiger partial charge in [-0.15, -0.1) is 0 Å². The summed E-state index contributed by atoms with van der Waals surface area (Å²) in [5.41, 5.74) is 2.35. The van der Waals surface area contributed by atoms with Gasteiger partial charge in [-0.3, -0.25) is 29.4 Å². The minimum atomic E-state index is -0.534. The Balaban J connectivity index is 1.36. The fourth-order valence-corrected chi connectivity index (χ4v) is 4.51. The second-order valence-corrected chi connectivity index (χ2v) is 8.45. The van der Waals surface area contributed by atoms with Crippen molar-refractivity contribution in [3.63, 3.8) is 0 Å².